The van der Waals surface area contributed by atoms with Crippen LogP contribution in [0.5, 0.6) is 0 Å². The Morgan fingerprint density at radius 2 is 1.07 bits per heavy atom. The van der Waals surface area contributed by atoms with Crippen LogP contribution < -0.4 is 9.80 Å². The van der Waals surface area contributed by atoms with E-state index in [-0.39, 0.29) is 0 Å². The molecule has 0 N–H and O–H groups in total. The van der Waals surface area contributed by atoms with Gasteiger partial charge >= 0.3 is 0 Å². The molecule has 0 aliphatic rings. The maximum absolute atomic E-state index is 6.08. The highest BCUT2D eigenvalue weighted by Crippen LogP contribution is 2.44. The molecule has 4 aromatic heterocycles. The van der Waals surface area contributed by atoms with E-state index in [0.717, 1.165) is 66.9 Å². The maximum Gasteiger partial charge on any atom is 0.227 e. The van der Waals surface area contributed by atoms with Crippen LogP contribution in [0, 0.1) is 0 Å². The Kier molecular flexibility index (Phi) is 8.43. The number of pyridine rings is 1. The second-order valence-corrected chi connectivity index (χ2v) is 17.1. The van der Waals surface area contributed by atoms with Crippen molar-refractivity contribution in [2.45, 2.75) is 0 Å². The van der Waals surface area contributed by atoms with Crippen molar-refractivity contribution in [2.75, 3.05) is 9.80 Å². The number of rotatable bonds is 8. The lowest BCUT2D eigenvalue weighted by Crippen LogP contribution is -2.09. The van der Waals surface area contributed by atoms with Crippen LogP contribution in [0.3, 0.4) is 0 Å². The molecule has 0 bridgehead atoms. The highest BCUT2D eigenvalue weighted by atomic mass is 32.1. The lowest BCUT2D eigenvalue weighted by Gasteiger charge is -2.26. The van der Waals surface area contributed by atoms with Gasteiger partial charge in [0.05, 0.1) is 22.1 Å². The van der Waals surface area contributed by atoms with Crippen LogP contribution >= 0.6 is 22.7 Å². The molecule has 4 heterocycles. The number of hydrogen-bond donors (Lipinski definition) is 0. The van der Waals surface area contributed by atoms with Gasteiger partial charge in [-0.15, -0.1) is 22.7 Å². The summed E-state index contributed by atoms with van der Waals surface area (Å²) < 4.78 is 9.75. The monoisotopic (exact) mass is 819 g/mol. The van der Waals surface area contributed by atoms with Crippen LogP contribution in [0.2, 0.25) is 0 Å². The van der Waals surface area contributed by atoms with Crippen molar-refractivity contribution >= 4 is 109 Å². The summed E-state index contributed by atoms with van der Waals surface area (Å²) in [6, 6.07) is 66.2. The van der Waals surface area contributed by atoms with Crippen molar-refractivity contribution in [1.82, 2.24) is 15.0 Å². The minimum atomic E-state index is 0.615. The van der Waals surface area contributed by atoms with Crippen LogP contribution in [0.25, 0.3) is 74.3 Å². The lowest BCUT2D eigenvalue weighted by atomic mass is 10.0. The fourth-order valence-corrected chi connectivity index (χ4v) is 10.4. The number of para-hydroxylation sites is 4. The average Bonchev–Trinajstić information content (AvgIpc) is 4.05. The summed E-state index contributed by atoms with van der Waals surface area (Å²) in [7, 11) is 0. The van der Waals surface area contributed by atoms with Crippen LogP contribution in [-0.4, -0.2) is 15.0 Å². The van der Waals surface area contributed by atoms with Gasteiger partial charge in [-0.2, -0.15) is 0 Å². The van der Waals surface area contributed by atoms with Crippen LogP contribution in [0.15, 0.2) is 205 Å². The summed E-state index contributed by atoms with van der Waals surface area (Å²) >= 11 is 3.55. The zero-order valence-electron chi connectivity index (χ0n) is 32.5. The van der Waals surface area contributed by atoms with Crippen molar-refractivity contribution in [3.05, 3.63) is 200 Å². The summed E-state index contributed by atoms with van der Waals surface area (Å²) in [5, 5.41) is 5.91. The molecule has 0 spiro atoms. The number of aromatic nitrogens is 3. The van der Waals surface area contributed by atoms with Crippen LogP contribution in [0.4, 0.5) is 34.1 Å². The molecule has 0 radical (unpaired) electrons. The first-order valence-corrected chi connectivity index (χ1v) is 21.7. The first kappa shape index (κ1) is 35.3. The molecule has 12 rings (SSSR count). The predicted octanol–water partition coefficient (Wildman–Crippen LogP) is 15.6. The van der Waals surface area contributed by atoms with E-state index in [1.165, 1.54) is 35.6 Å². The van der Waals surface area contributed by atoms with E-state index in [2.05, 4.69) is 166 Å². The molecular formula is C53H33N5OS2. The molecule has 61 heavy (non-hydrogen) atoms. The molecule has 12 aromatic rings. The maximum atomic E-state index is 6.08. The summed E-state index contributed by atoms with van der Waals surface area (Å²) in [4.78, 5) is 18.7. The number of oxazole rings is 1. The number of hydrogen-bond acceptors (Lipinski definition) is 8. The lowest BCUT2D eigenvalue weighted by molar-refractivity contribution is 0.620. The van der Waals surface area contributed by atoms with Crippen molar-refractivity contribution < 1.29 is 4.42 Å². The molecular weight excluding hydrogens is 787 g/mol. The number of benzene rings is 8. The number of nitrogens with zero attached hydrogens (tertiary/aromatic N) is 5. The summed E-state index contributed by atoms with van der Waals surface area (Å²) in [6.45, 7) is 0. The number of thiazole rings is 1. The molecule has 0 fully saturated rings. The van der Waals surface area contributed by atoms with E-state index in [1.807, 2.05) is 60.1 Å². The second kappa shape index (κ2) is 14.6. The van der Waals surface area contributed by atoms with Crippen LogP contribution in [0.1, 0.15) is 0 Å². The van der Waals surface area contributed by atoms with E-state index < -0.39 is 0 Å². The van der Waals surface area contributed by atoms with Gasteiger partial charge in [-0.25, -0.2) is 9.97 Å². The quantitative estimate of drug-likeness (QED) is 0.152. The van der Waals surface area contributed by atoms with Crippen molar-refractivity contribution in [1.29, 1.82) is 0 Å². The van der Waals surface area contributed by atoms with E-state index in [9.17, 15) is 0 Å². The molecule has 0 aliphatic heterocycles. The van der Waals surface area contributed by atoms with Gasteiger partial charge in [-0.3, -0.25) is 4.98 Å². The Balaban J connectivity index is 0.903. The van der Waals surface area contributed by atoms with Gasteiger partial charge in [0.2, 0.25) is 5.89 Å². The Hall–Kier alpha value is -7.65. The molecule has 0 unspecified atom stereocenters. The Bertz CT molecular complexity index is 3310. The standard InChI is InChI=1S/C53H33N5OS2/c1-2-9-38(10-3-1)57(39-21-16-34(17-22-39)52-55-46-12-4-6-14-48(46)59-52)41-25-20-36-30-45-44-27-26-42(32-51(44)60-50(45)31-37(36)29-41)58(43-11-8-28-54-33-43)40-23-18-35(19-24-40)53-56-47-13-5-7-15-49(47)61-53/h1-33H. The Labute approximate surface area is 358 Å². The first-order chi connectivity index (χ1) is 30.2. The molecule has 288 valence electrons. The number of fused-ring (bicyclic) bond motifs is 6. The first-order valence-electron chi connectivity index (χ1n) is 20.1. The third-order valence-corrected chi connectivity index (χ3v) is 13.4. The topological polar surface area (TPSA) is 58.3 Å². The highest BCUT2D eigenvalue weighted by Gasteiger charge is 2.18. The Morgan fingerprint density at radius 1 is 0.410 bits per heavy atom. The zero-order valence-corrected chi connectivity index (χ0v) is 34.1. The molecule has 0 atom stereocenters. The van der Waals surface area contributed by atoms with Gasteiger partial charge in [0, 0.05) is 65.9 Å². The summed E-state index contributed by atoms with van der Waals surface area (Å²) in [6.07, 6.45) is 3.74. The molecule has 0 saturated heterocycles. The van der Waals surface area contributed by atoms with E-state index in [4.69, 9.17) is 14.4 Å². The summed E-state index contributed by atoms with van der Waals surface area (Å²) in [5.41, 5.74) is 11.0. The van der Waals surface area contributed by atoms with Crippen molar-refractivity contribution in [3.8, 4) is 22.0 Å². The molecule has 0 amide bonds. The van der Waals surface area contributed by atoms with Gasteiger partial charge in [0.15, 0.2) is 5.58 Å². The van der Waals surface area contributed by atoms with Gasteiger partial charge < -0.3 is 14.2 Å². The highest BCUT2D eigenvalue weighted by molar-refractivity contribution is 7.26. The van der Waals surface area contributed by atoms with Crippen molar-refractivity contribution in [3.63, 3.8) is 0 Å². The fourth-order valence-electron chi connectivity index (χ4n) is 8.23. The fraction of sp³-hybridized carbons (Fsp3) is 0. The van der Waals surface area contributed by atoms with Gasteiger partial charge in [0.1, 0.15) is 10.5 Å². The smallest absolute Gasteiger partial charge is 0.227 e. The zero-order chi connectivity index (χ0) is 40.3. The van der Waals surface area contributed by atoms with Gasteiger partial charge in [0.25, 0.3) is 0 Å². The number of thiophene rings is 1. The molecule has 8 aromatic carbocycles. The van der Waals surface area contributed by atoms with E-state index in [1.54, 1.807) is 11.3 Å². The largest absolute Gasteiger partial charge is 0.436 e. The second-order valence-electron chi connectivity index (χ2n) is 14.9. The van der Waals surface area contributed by atoms with Crippen molar-refractivity contribution in [2.24, 2.45) is 0 Å². The normalized spacial score (nSPS) is 11.6. The van der Waals surface area contributed by atoms with Crippen LogP contribution in [-0.2, 0) is 0 Å². The molecule has 0 aliphatic carbocycles. The van der Waals surface area contributed by atoms with E-state index >= 15 is 0 Å². The van der Waals surface area contributed by atoms with Gasteiger partial charge in [-0.05, 0) is 144 Å². The van der Waals surface area contributed by atoms with E-state index in [0.29, 0.717) is 5.89 Å². The third kappa shape index (κ3) is 6.37. The SMILES string of the molecule is c1ccc(N(c2ccc(-c3nc4ccccc4o3)cc2)c2ccc3cc4c(cc3c2)sc2cc(N(c3ccc(-c5nc6ccccc6s5)cc3)c3cccnc3)ccc24)cc1. The molecule has 6 nitrogen and oxygen atoms in total. The minimum Gasteiger partial charge on any atom is -0.436 e. The summed E-state index contributed by atoms with van der Waals surface area (Å²) in [5.74, 6) is 0.615. The average molecular weight is 820 g/mol. The predicted molar refractivity (Wildman–Crippen MR) is 256 cm³/mol. The Morgan fingerprint density at radius 3 is 1.85 bits per heavy atom. The number of anilines is 6. The third-order valence-electron chi connectivity index (χ3n) is 11.2. The van der Waals surface area contributed by atoms with Gasteiger partial charge in [-0.1, -0.05) is 54.6 Å². The molecule has 8 heteroatoms. The molecule has 0 saturated carbocycles. The minimum absolute atomic E-state index is 0.615.